The lowest BCUT2D eigenvalue weighted by Gasteiger charge is -2.38. The highest BCUT2D eigenvalue weighted by Crippen LogP contribution is 2.23. The monoisotopic (exact) mass is 405 g/mol. The molecule has 0 radical (unpaired) electrons. The smallest absolute Gasteiger partial charge is 0.321 e. The van der Waals surface area contributed by atoms with Gasteiger partial charge in [-0.2, -0.15) is 5.26 Å². The van der Waals surface area contributed by atoms with Crippen molar-refractivity contribution in [2.75, 3.05) is 32.7 Å². The van der Waals surface area contributed by atoms with Crippen molar-refractivity contribution in [3.63, 3.8) is 0 Å². The maximum Gasteiger partial charge on any atom is 0.321 e. The molecule has 0 aliphatic carbocycles. The van der Waals surface area contributed by atoms with Crippen LogP contribution in [-0.2, 0) is 11.3 Å². The van der Waals surface area contributed by atoms with Gasteiger partial charge < -0.3 is 5.32 Å². The molecule has 1 heterocycles. The zero-order valence-electron chi connectivity index (χ0n) is 17.2. The molecule has 30 heavy (non-hydrogen) atoms. The van der Waals surface area contributed by atoms with E-state index >= 15 is 0 Å². The third kappa shape index (κ3) is 5.66. The highest BCUT2D eigenvalue weighted by molar-refractivity contribution is 5.97. The van der Waals surface area contributed by atoms with E-state index in [9.17, 15) is 9.59 Å². The lowest BCUT2D eigenvalue weighted by molar-refractivity contribution is -0.126. The number of amides is 3. The fourth-order valence-corrected chi connectivity index (χ4v) is 3.67. The van der Waals surface area contributed by atoms with Crippen LogP contribution in [0.1, 0.15) is 29.7 Å². The summed E-state index contributed by atoms with van der Waals surface area (Å²) in [5.41, 5.74) is 2.70. The number of hydrogen-bond acceptors (Lipinski definition) is 5. The van der Waals surface area contributed by atoms with Crippen LogP contribution in [0.2, 0.25) is 0 Å². The minimum Gasteiger partial charge on any atom is -0.338 e. The standard InChI is InChI=1S/C23H27N5O2/c1-2-25-23(30)26-22(29)21(20-6-4-3-5-7-20)28-14-12-27(13-15-28)17-19-10-8-18(16-24)9-11-19/h3-11,21H,2,12-15,17H2,1H3,(H2,25,26,29,30). The minimum atomic E-state index is -0.508. The van der Waals surface area contributed by atoms with Crippen molar-refractivity contribution in [3.8, 4) is 6.07 Å². The molecule has 1 aliphatic rings. The minimum absolute atomic E-state index is 0.312. The second kappa shape index (κ2) is 10.5. The molecule has 2 aromatic rings. The van der Waals surface area contributed by atoms with E-state index in [2.05, 4.69) is 26.5 Å². The normalized spacial score (nSPS) is 15.7. The summed E-state index contributed by atoms with van der Waals surface area (Å²) in [7, 11) is 0. The van der Waals surface area contributed by atoms with Crippen molar-refractivity contribution in [1.82, 2.24) is 20.4 Å². The van der Waals surface area contributed by atoms with E-state index in [1.165, 1.54) is 0 Å². The van der Waals surface area contributed by atoms with Crippen molar-refractivity contribution in [3.05, 3.63) is 71.3 Å². The number of piperazine rings is 1. The number of nitrogens with zero attached hydrogens (tertiary/aromatic N) is 3. The molecule has 0 spiro atoms. The largest absolute Gasteiger partial charge is 0.338 e. The topological polar surface area (TPSA) is 88.5 Å². The van der Waals surface area contributed by atoms with Gasteiger partial charge in [-0.05, 0) is 30.2 Å². The molecule has 1 aliphatic heterocycles. The van der Waals surface area contributed by atoms with Gasteiger partial charge in [0, 0.05) is 39.3 Å². The highest BCUT2D eigenvalue weighted by Gasteiger charge is 2.31. The molecule has 7 nitrogen and oxygen atoms in total. The predicted molar refractivity (Wildman–Crippen MR) is 114 cm³/mol. The van der Waals surface area contributed by atoms with Crippen LogP contribution >= 0.6 is 0 Å². The van der Waals surface area contributed by atoms with E-state index in [1.807, 2.05) is 61.5 Å². The van der Waals surface area contributed by atoms with Crippen LogP contribution in [0.3, 0.4) is 0 Å². The molecule has 1 atom stereocenters. The molecule has 2 aromatic carbocycles. The van der Waals surface area contributed by atoms with Gasteiger partial charge in [-0.3, -0.25) is 19.9 Å². The average Bonchev–Trinajstić information content (AvgIpc) is 2.76. The number of imide groups is 1. The summed E-state index contributed by atoms with van der Waals surface area (Å²) in [6.45, 7) is 6.16. The van der Waals surface area contributed by atoms with Crippen LogP contribution in [0.5, 0.6) is 0 Å². The van der Waals surface area contributed by atoms with Crippen LogP contribution < -0.4 is 10.6 Å². The van der Waals surface area contributed by atoms with Gasteiger partial charge in [-0.25, -0.2) is 4.79 Å². The van der Waals surface area contributed by atoms with E-state index < -0.39 is 12.1 Å². The Morgan fingerprint density at radius 1 is 1.03 bits per heavy atom. The molecule has 2 N–H and O–H groups in total. The van der Waals surface area contributed by atoms with E-state index in [-0.39, 0.29) is 5.91 Å². The van der Waals surface area contributed by atoms with Crippen molar-refractivity contribution in [2.24, 2.45) is 0 Å². The number of carbonyl (C=O) groups is 2. The molecular weight excluding hydrogens is 378 g/mol. The summed E-state index contributed by atoms with van der Waals surface area (Å²) in [6.07, 6.45) is 0. The van der Waals surface area contributed by atoms with Crippen LogP contribution in [0, 0.1) is 11.3 Å². The fourth-order valence-electron chi connectivity index (χ4n) is 3.67. The van der Waals surface area contributed by atoms with Crippen LogP contribution in [0.25, 0.3) is 0 Å². The predicted octanol–water partition coefficient (Wildman–Crippen LogP) is 2.26. The molecule has 0 aromatic heterocycles. The summed E-state index contributed by atoms with van der Waals surface area (Å²) in [6, 6.07) is 18.4. The van der Waals surface area contributed by atoms with Crippen molar-refractivity contribution < 1.29 is 9.59 Å². The summed E-state index contributed by atoms with van der Waals surface area (Å²) < 4.78 is 0. The first-order valence-corrected chi connectivity index (χ1v) is 10.2. The maximum absolute atomic E-state index is 12.9. The Morgan fingerprint density at radius 3 is 2.30 bits per heavy atom. The Hall–Kier alpha value is -3.21. The van der Waals surface area contributed by atoms with Crippen molar-refractivity contribution in [2.45, 2.75) is 19.5 Å². The van der Waals surface area contributed by atoms with Gasteiger partial charge in [-0.15, -0.1) is 0 Å². The second-order valence-corrected chi connectivity index (χ2v) is 7.28. The highest BCUT2D eigenvalue weighted by atomic mass is 16.2. The summed E-state index contributed by atoms with van der Waals surface area (Å²) in [4.78, 5) is 29.2. The van der Waals surface area contributed by atoms with Gasteiger partial charge >= 0.3 is 6.03 Å². The fraction of sp³-hybridized carbons (Fsp3) is 0.348. The average molecular weight is 406 g/mol. The molecule has 3 rings (SSSR count). The van der Waals surface area contributed by atoms with E-state index in [4.69, 9.17) is 5.26 Å². The second-order valence-electron chi connectivity index (χ2n) is 7.28. The van der Waals surface area contributed by atoms with Crippen molar-refractivity contribution in [1.29, 1.82) is 5.26 Å². The number of benzene rings is 2. The Balaban J connectivity index is 1.64. The third-order valence-electron chi connectivity index (χ3n) is 5.20. The van der Waals surface area contributed by atoms with Crippen LogP contribution in [0.15, 0.2) is 54.6 Å². The first-order chi connectivity index (χ1) is 14.6. The van der Waals surface area contributed by atoms with Gasteiger partial charge in [-0.1, -0.05) is 42.5 Å². The molecule has 0 bridgehead atoms. The molecule has 1 unspecified atom stereocenters. The van der Waals surface area contributed by atoms with E-state index in [0.717, 1.165) is 43.9 Å². The molecule has 3 amide bonds. The van der Waals surface area contributed by atoms with Gasteiger partial charge in [0.2, 0.25) is 5.91 Å². The quantitative estimate of drug-likeness (QED) is 0.770. The summed E-state index contributed by atoms with van der Waals surface area (Å²) in [5, 5.41) is 14.0. The molecular formula is C23H27N5O2. The Kier molecular flexibility index (Phi) is 7.55. The number of carbonyl (C=O) groups excluding carboxylic acids is 2. The van der Waals surface area contributed by atoms with Crippen LogP contribution in [-0.4, -0.2) is 54.5 Å². The number of rotatable bonds is 6. The molecule has 156 valence electrons. The lowest BCUT2D eigenvalue weighted by atomic mass is 10.0. The number of nitriles is 1. The number of nitrogens with one attached hydrogen (secondary N) is 2. The molecule has 7 heteroatoms. The number of hydrogen-bond donors (Lipinski definition) is 2. The van der Waals surface area contributed by atoms with E-state index in [0.29, 0.717) is 12.1 Å². The first kappa shape index (κ1) is 21.5. The SMILES string of the molecule is CCNC(=O)NC(=O)C(c1ccccc1)N1CCN(Cc2ccc(C#N)cc2)CC1. The Morgan fingerprint density at radius 2 is 1.70 bits per heavy atom. The zero-order valence-corrected chi connectivity index (χ0v) is 17.2. The van der Waals surface area contributed by atoms with Gasteiger partial charge in [0.25, 0.3) is 0 Å². The lowest BCUT2D eigenvalue weighted by Crippen LogP contribution is -2.52. The Labute approximate surface area is 177 Å². The van der Waals surface area contributed by atoms with Gasteiger partial charge in [0.15, 0.2) is 0 Å². The first-order valence-electron chi connectivity index (χ1n) is 10.2. The van der Waals surface area contributed by atoms with Gasteiger partial charge in [0.05, 0.1) is 11.6 Å². The Bertz CT molecular complexity index is 884. The molecule has 1 saturated heterocycles. The van der Waals surface area contributed by atoms with Crippen LogP contribution in [0.4, 0.5) is 4.79 Å². The van der Waals surface area contributed by atoms with Gasteiger partial charge in [0.1, 0.15) is 6.04 Å². The summed E-state index contributed by atoms with van der Waals surface area (Å²) >= 11 is 0. The molecule has 0 saturated carbocycles. The summed E-state index contributed by atoms with van der Waals surface area (Å²) in [5.74, 6) is -0.312. The van der Waals surface area contributed by atoms with Crippen molar-refractivity contribution >= 4 is 11.9 Å². The van der Waals surface area contributed by atoms with E-state index in [1.54, 1.807) is 0 Å². The maximum atomic E-state index is 12.9. The zero-order chi connectivity index (χ0) is 21.3. The third-order valence-corrected chi connectivity index (χ3v) is 5.20. The number of urea groups is 1. The molecule has 1 fully saturated rings.